The number of rotatable bonds is 2. The highest BCUT2D eigenvalue weighted by molar-refractivity contribution is 5.86. The number of hydrogen-bond donors (Lipinski definition) is 1. The fourth-order valence-corrected chi connectivity index (χ4v) is 3.63. The van der Waals surface area contributed by atoms with Gasteiger partial charge < -0.3 is 19.8 Å². The number of aliphatic hydroxyl groups is 1. The Bertz CT molecular complexity index is 661. The molecule has 7 heteroatoms. The number of β-amino-alcohol motifs (C(OH)–C–C–N with tert-alkyl or cyclic N) is 1. The van der Waals surface area contributed by atoms with E-state index < -0.39 is 5.60 Å². The molecule has 1 atom stereocenters. The van der Waals surface area contributed by atoms with Gasteiger partial charge in [-0.3, -0.25) is 9.59 Å². The number of amides is 2. The first-order valence-electron chi connectivity index (χ1n) is 8.67. The summed E-state index contributed by atoms with van der Waals surface area (Å²) in [5.41, 5.74) is -0.974. The van der Waals surface area contributed by atoms with Crippen molar-refractivity contribution < 1.29 is 19.1 Å². The van der Waals surface area contributed by atoms with Crippen molar-refractivity contribution in [2.24, 2.45) is 0 Å². The fourth-order valence-electron chi connectivity index (χ4n) is 3.63. The Labute approximate surface area is 146 Å². The van der Waals surface area contributed by atoms with E-state index in [1.54, 1.807) is 23.1 Å². The lowest BCUT2D eigenvalue weighted by atomic mass is 9.91. The third-order valence-corrected chi connectivity index (χ3v) is 5.07. The van der Waals surface area contributed by atoms with Gasteiger partial charge in [-0.25, -0.2) is 4.39 Å². The van der Waals surface area contributed by atoms with Gasteiger partial charge in [-0.1, -0.05) is 12.1 Å². The molecule has 0 bridgehead atoms. The maximum atomic E-state index is 13.9. The van der Waals surface area contributed by atoms with E-state index in [1.807, 2.05) is 4.90 Å². The van der Waals surface area contributed by atoms with Gasteiger partial charge in [-0.05, 0) is 25.0 Å². The first-order chi connectivity index (χ1) is 11.9. The first kappa shape index (κ1) is 17.7. The minimum Gasteiger partial charge on any atom is -0.378 e. The van der Waals surface area contributed by atoms with Gasteiger partial charge in [-0.15, -0.1) is 0 Å². The number of nitrogens with zero attached hydrogens (tertiary/aromatic N) is 3. The number of benzene rings is 1. The molecule has 1 unspecified atom stereocenters. The van der Waals surface area contributed by atoms with Gasteiger partial charge in [0.25, 0.3) is 5.91 Å². The van der Waals surface area contributed by atoms with Crippen LogP contribution in [0.2, 0.25) is 0 Å². The highest BCUT2D eigenvalue weighted by atomic mass is 19.1. The van der Waals surface area contributed by atoms with Crippen LogP contribution in [0.5, 0.6) is 0 Å². The molecule has 2 heterocycles. The normalized spacial score (nSPS) is 24.4. The Kier molecular flexibility index (Phi) is 4.94. The number of carbonyl (C=O) groups is 2. The lowest BCUT2D eigenvalue weighted by Gasteiger charge is -2.43. The summed E-state index contributed by atoms with van der Waals surface area (Å²) < 4.78 is 13.9. The second kappa shape index (κ2) is 7.00. The van der Waals surface area contributed by atoms with Gasteiger partial charge in [0, 0.05) is 39.6 Å². The van der Waals surface area contributed by atoms with E-state index in [-0.39, 0.29) is 24.2 Å². The van der Waals surface area contributed by atoms with E-state index >= 15 is 0 Å². The highest BCUT2D eigenvalue weighted by Gasteiger charge is 2.44. The molecule has 0 radical (unpaired) electrons. The van der Waals surface area contributed by atoms with Gasteiger partial charge in [-0.2, -0.15) is 0 Å². The number of para-hydroxylation sites is 1. The van der Waals surface area contributed by atoms with Crippen LogP contribution in [-0.2, 0) is 9.59 Å². The summed E-state index contributed by atoms with van der Waals surface area (Å²) in [6, 6.07) is 6.59. The topological polar surface area (TPSA) is 64.1 Å². The van der Waals surface area contributed by atoms with Crippen molar-refractivity contribution in [1.82, 2.24) is 9.80 Å². The van der Waals surface area contributed by atoms with Crippen LogP contribution in [0.15, 0.2) is 24.3 Å². The molecule has 2 fully saturated rings. The van der Waals surface area contributed by atoms with E-state index in [1.165, 1.54) is 17.9 Å². The number of likely N-dealkylation sites (tertiary alicyclic amines) is 1. The van der Waals surface area contributed by atoms with Crippen LogP contribution < -0.4 is 4.90 Å². The zero-order valence-corrected chi connectivity index (χ0v) is 14.4. The van der Waals surface area contributed by atoms with E-state index in [9.17, 15) is 19.1 Å². The van der Waals surface area contributed by atoms with E-state index in [0.29, 0.717) is 51.3 Å². The number of anilines is 1. The molecule has 25 heavy (non-hydrogen) atoms. The summed E-state index contributed by atoms with van der Waals surface area (Å²) in [7, 11) is 0. The number of piperidine rings is 1. The zero-order chi connectivity index (χ0) is 18.0. The van der Waals surface area contributed by atoms with Gasteiger partial charge in [0.15, 0.2) is 5.60 Å². The maximum absolute atomic E-state index is 13.9. The lowest BCUT2D eigenvalue weighted by molar-refractivity contribution is -0.160. The molecule has 1 aromatic carbocycles. The summed E-state index contributed by atoms with van der Waals surface area (Å²) in [4.78, 5) is 29.4. The van der Waals surface area contributed by atoms with Crippen LogP contribution in [0.25, 0.3) is 0 Å². The fraction of sp³-hybridized carbons (Fsp3) is 0.556. The standard InChI is InChI=1S/C18H24FN3O3/c1-14(23)22-8-4-7-18(25,13-22)17(24)21-11-9-20(10-12-21)16-6-3-2-5-15(16)19/h2-3,5-6,25H,4,7-13H2,1H3. The maximum Gasteiger partial charge on any atom is 0.256 e. The quantitative estimate of drug-likeness (QED) is 0.860. The van der Waals surface area contributed by atoms with Crippen LogP contribution in [0.4, 0.5) is 10.1 Å². The number of hydrogen-bond acceptors (Lipinski definition) is 4. The Morgan fingerprint density at radius 1 is 1.08 bits per heavy atom. The molecule has 2 aliphatic heterocycles. The molecule has 0 spiro atoms. The average Bonchev–Trinajstić information content (AvgIpc) is 2.62. The molecule has 3 rings (SSSR count). The predicted molar refractivity (Wildman–Crippen MR) is 91.6 cm³/mol. The van der Waals surface area contributed by atoms with Gasteiger partial charge in [0.05, 0.1) is 12.2 Å². The second-order valence-electron chi connectivity index (χ2n) is 6.81. The molecular weight excluding hydrogens is 325 g/mol. The minimum atomic E-state index is -1.51. The average molecular weight is 349 g/mol. The summed E-state index contributed by atoms with van der Waals surface area (Å²) >= 11 is 0. The molecular formula is C18H24FN3O3. The van der Waals surface area contributed by atoms with Crippen LogP contribution in [-0.4, -0.2) is 71.6 Å². The Morgan fingerprint density at radius 2 is 1.76 bits per heavy atom. The molecule has 136 valence electrons. The molecule has 0 aromatic heterocycles. The Balaban J connectivity index is 1.63. The number of halogens is 1. The second-order valence-corrected chi connectivity index (χ2v) is 6.81. The van der Waals surface area contributed by atoms with Crippen LogP contribution in [0, 0.1) is 5.82 Å². The van der Waals surface area contributed by atoms with Crippen molar-refractivity contribution in [2.45, 2.75) is 25.4 Å². The molecule has 0 aliphatic carbocycles. The lowest BCUT2D eigenvalue weighted by Crippen LogP contribution is -2.61. The van der Waals surface area contributed by atoms with Gasteiger partial charge >= 0.3 is 0 Å². The molecule has 0 saturated carbocycles. The molecule has 1 aromatic rings. The van der Waals surface area contributed by atoms with Crippen LogP contribution in [0.3, 0.4) is 0 Å². The highest BCUT2D eigenvalue weighted by Crippen LogP contribution is 2.26. The first-order valence-corrected chi connectivity index (χ1v) is 8.67. The monoisotopic (exact) mass is 349 g/mol. The minimum absolute atomic E-state index is 0.0503. The van der Waals surface area contributed by atoms with Crippen molar-refractivity contribution in [3.63, 3.8) is 0 Å². The van der Waals surface area contributed by atoms with E-state index in [4.69, 9.17) is 0 Å². The van der Waals surface area contributed by atoms with Crippen LogP contribution in [0.1, 0.15) is 19.8 Å². The molecule has 2 aliphatic rings. The Morgan fingerprint density at radius 3 is 2.40 bits per heavy atom. The zero-order valence-electron chi connectivity index (χ0n) is 14.4. The van der Waals surface area contributed by atoms with Gasteiger partial charge in [0.2, 0.25) is 5.91 Å². The Hall–Kier alpha value is -2.15. The summed E-state index contributed by atoms with van der Waals surface area (Å²) in [6.07, 6.45) is 0.972. The smallest absolute Gasteiger partial charge is 0.256 e. The van der Waals surface area contributed by atoms with Crippen molar-refractivity contribution >= 4 is 17.5 Å². The van der Waals surface area contributed by atoms with Gasteiger partial charge in [0.1, 0.15) is 5.82 Å². The van der Waals surface area contributed by atoms with E-state index in [0.717, 1.165) is 0 Å². The third kappa shape index (κ3) is 3.61. The van der Waals surface area contributed by atoms with Crippen molar-refractivity contribution in [2.75, 3.05) is 44.2 Å². The van der Waals surface area contributed by atoms with Crippen molar-refractivity contribution in [3.8, 4) is 0 Å². The van der Waals surface area contributed by atoms with Crippen molar-refractivity contribution in [1.29, 1.82) is 0 Å². The van der Waals surface area contributed by atoms with Crippen LogP contribution >= 0.6 is 0 Å². The van der Waals surface area contributed by atoms with Crippen molar-refractivity contribution in [3.05, 3.63) is 30.1 Å². The predicted octanol–water partition coefficient (Wildman–Crippen LogP) is 0.848. The van der Waals surface area contributed by atoms with E-state index in [2.05, 4.69) is 0 Å². The number of piperazine rings is 1. The molecule has 6 nitrogen and oxygen atoms in total. The molecule has 1 N–H and O–H groups in total. The SMILES string of the molecule is CC(=O)N1CCCC(O)(C(=O)N2CCN(c3ccccc3F)CC2)C1. The molecule has 2 amide bonds. The number of carbonyl (C=O) groups excluding carboxylic acids is 2. The molecule has 2 saturated heterocycles. The third-order valence-electron chi connectivity index (χ3n) is 5.07. The summed E-state index contributed by atoms with van der Waals surface area (Å²) in [6.45, 7) is 3.95. The largest absolute Gasteiger partial charge is 0.378 e. The summed E-state index contributed by atoms with van der Waals surface area (Å²) in [5, 5.41) is 10.8. The summed E-state index contributed by atoms with van der Waals surface area (Å²) in [5.74, 6) is -0.729.